The first-order valence-electron chi connectivity index (χ1n) is 5.87. The van der Waals surface area contributed by atoms with Crippen molar-refractivity contribution >= 4 is 6.09 Å². The van der Waals surface area contributed by atoms with Gasteiger partial charge in [0.2, 0.25) is 0 Å². The van der Waals surface area contributed by atoms with Crippen molar-refractivity contribution in [3.05, 3.63) is 0 Å². The largest absolute Gasteiger partial charge is 0.444 e. The zero-order chi connectivity index (χ0) is 13.4. The van der Waals surface area contributed by atoms with Crippen LogP contribution in [0.5, 0.6) is 0 Å². The lowest BCUT2D eigenvalue weighted by molar-refractivity contribution is -0.0240. The van der Waals surface area contributed by atoms with Crippen LogP contribution in [-0.4, -0.2) is 46.1 Å². The number of aliphatic hydroxyl groups is 1. The quantitative estimate of drug-likeness (QED) is 0.772. The minimum atomic E-state index is -1.13. The summed E-state index contributed by atoms with van der Waals surface area (Å²) in [7, 11) is 0. The topological polar surface area (TPSA) is 49.8 Å². The van der Waals surface area contributed by atoms with Gasteiger partial charge in [0.1, 0.15) is 11.8 Å². The molecule has 1 aliphatic rings. The molecule has 4 nitrogen and oxygen atoms in total. The Bertz CT molecular complexity index is 293. The Balaban J connectivity index is 2.78. The first-order chi connectivity index (χ1) is 7.50. The van der Waals surface area contributed by atoms with Crippen LogP contribution in [-0.2, 0) is 4.74 Å². The number of halogens is 1. The molecule has 1 saturated heterocycles. The van der Waals surface area contributed by atoms with E-state index in [0.717, 1.165) is 0 Å². The molecule has 2 atom stereocenters. The highest BCUT2D eigenvalue weighted by atomic mass is 19.1. The Kier molecular flexibility index (Phi) is 3.72. The molecule has 1 fully saturated rings. The van der Waals surface area contributed by atoms with Crippen LogP contribution in [0.2, 0.25) is 0 Å². The highest BCUT2D eigenvalue weighted by Gasteiger charge is 2.44. The molecule has 0 aromatic rings. The maximum absolute atomic E-state index is 13.4. The van der Waals surface area contributed by atoms with E-state index in [1.54, 1.807) is 34.6 Å². The molecule has 0 saturated carbocycles. The van der Waals surface area contributed by atoms with E-state index in [2.05, 4.69) is 0 Å². The van der Waals surface area contributed by atoms with Crippen LogP contribution in [0.15, 0.2) is 0 Å². The van der Waals surface area contributed by atoms with E-state index in [1.807, 2.05) is 0 Å². The highest BCUT2D eigenvalue weighted by molar-refractivity contribution is 5.69. The second-order valence-corrected chi connectivity index (χ2v) is 6.14. The third-order valence-corrected chi connectivity index (χ3v) is 2.69. The summed E-state index contributed by atoms with van der Waals surface area (Å²) in [5.74, 6) is 0. The molecule has 5 heteroatoms. The fraction of sp³-hybridized carbons (Fsp3) is 0.917. The van der Waals surface area contributed by atoms with Gasteiger partial charge in [0.15, 0.2) is 0 Å². The minimum absolute atomic E-state index is 0.0103. The number of hydrogen-bond donors (Lipinski definition) is 1. The van der Waals surface area contributed by atoms with Gasteiger partial charge in [0.05, 0.1) is 18.2 Å². The second-order valence-electron chi connectivity index (χ2n) is 6.14. The Morgan fingerprint density at radius 1 is 1.35 bits per heavy atom. The number of amides is 1. The monoisotopic (exact) mass is 247 g/mol. The van der Waals surface area contributed by atoms with Crippen LogP contribution in [0.4, 0.5) is 9.18 Å². The number of nitrogens with zero attached hydrogens (tertiary/aromatic N) is 1. The molecule has 1 N–H and O–H groups in total. The van der Waals surface area contributed by atoms with Gasteiger partial charge in [0.25, 0.3) is 0 Å². The molecule has 1 aliphatic heterocycles. The number of ether oxygens (including phenoxy) is 1. The zero-order valence-electron chi connectivity index (χ0n) is 11.2. The number of rotatable bonds is 1. The molecule has 1 rings (SSSR count). The first kappa shape index (κ1) is 14.2. The predicted molar refractivity (Wildman–Crippen MR) is 62.5 cm³/mol. The molecule has 1 amide bonds. The molecular weight excluding hydrogens is 225 g/mol. The number of carbonyl (C=O) groups is 1. The van der Waals surface area contributed by atoms with Gasteiger partial charge in [-0.25, -0.2) is 9.18 Å². The van der Waals surface area contributed by atoms with Crippen molar-refractivity contribution in [3.8, 4) is 0 Å². The number of carbonyl (C=O) groups excluding carboxylic acids is 1. The van der Waals surface area contributed by atoms with Gasteiger partial charge in [-0.2, -0.15) is 0 Å². The van der Waals surface area contributed by atoms with E-state index in [1.165, 1.54) is 4.90 Å². The van der Waals surface area contributed by atoms with Crippen molar-refractivity contribution < 1.29 is 19.0 Å². The minimum Gasteiger partial charge on any atom is -0.444 e. The standard InChI is InChI=1S/C12H22FNO3/c1-11(2,3)17-10(15)14-7-8(13)6-9(14)12(4,5)16/h8-9,16H,6-7H2,1-5H3/t8-,9+/m1/s1. The number of hydrogen-bond acceptors (Lipinski definition) is 3. The number of likely N-dealkylation sites (tertiary alicyclic amines) is 1. The van der Waals surface area contributed by atoms with Crippen LogP contribution in [0.3, 0.4) is 0 Å². The summed E-state index contributed by atoms with van der Waals surface area (Å²) < 4.78 is 18.6. The molecule has 0 radical (unpaired) electrons. The molecule has 0 aromatic carbocycles. The van der Waals surface area contributed by atoms with Crippen molar-refractivity contribution in [3.63, 3.8) is 0 Å². The average molecular weight is 247 g/mol. The van der Waals surface area contributed by atoms with Crippen LogP contribution in [0, 0.1) is 0 Å². The molecule has 1 heterocycles. The lowest BCUT2D eigenvalue weighted by atomic mass is 9.96. The number of alkyl halides is 1. The second kappa shape index (κ2) is 4.44. The first-order valence-corrected chi connectivity index (χ1v) is 5.87. The molecule has 0 unspecified atom stereocenters. The Morgan fingerprint density at radius 3 is 2.29 bits per heavy atom. The lowest BCUT2D eigenvalue weighted by Gasteiger charge is -2.34. The molecular formula is C12H22FNO3. The van der Waals surface area contributed by atoms with Gasteiger partial charge in [-0.3, -0.25) is 4.90 Å². The Hall–Kier alpha value is -0.840. The van der Waals surface area contributed by atoms with Gasteiger partial charge >= 0.3 is 6.09 Å². The summed E-state index contributed by atoms with van der Waals surface area (Å²) in [6, 6.07) is -0.535. The van der Waals surface area contributed by atoms with E-state index >= 15 is 0 Å². The van der Waals surface area contributed by atoms with Gasteiger partial charge in [-0.15, -0.1) is 0 Å². The van der Waals surface area contributed by atoms with E-state index in [0.29, 0.717) is 0 Å². The summed E-state index contributed by atoms with van der Waals surface area (Å²) >= 11 is 0. The predicted octanol–water partition coefficient (Wildman–Crippen LogP) is 2.10. The summed E-state index contributed by atoms with van der Waals surface area (Å²) in [4.78, 5) is 13.2. The summed E-state index contributed by atoms with van der Waals surface area (Å²) in [5.41, 5.74) is -1.74. The van der Waals surface area contributed by atoms with Gasteiger partial charge in [-0.1, -0.05) is 0 Å². The van der Waals surface area contributed by atoms with Gasteiger partial charge in [0, 0.05) is 6.42 Å². The SMILES string of the molecule is CC(C)(C)OC(=O)N1C[C@H](F)C[C@H]1C(C)(C)O. The molecule has 17 heavy (non-hydrogen) atoms. The Labute approximate surface area is 102 Å². The van der Waals surface area contributed by atoms with Crippen LogP contribution >= 0.6 is 0 Å². The lowest BCUT2D eigenvalue weighted by Crippen LogP contribution is -2.49. The fourth-order valence-corrected chi connectivity index (χ4v) is 1.98. The summed E-state index contributed by atoms with van der Waals surface area (Å²) in [6.45, 7) is 8.41. The van der Waals surface area contributed by atoms with E-state index < -0.39 is 29.5 Å². The van der Waals surface area contributed by atoms with Gasteiger partial charge < -0.3 is 9.84 Å². The van der Waals surface area contributed by atoms with E-state index in [4.69, 9.17) is 4.74 Å². The molecule has 100 valence electrons. The van der Waals surface area contributed by atoms with Crippen LogP contribution in [0.1, 0.15) is 41.0 Å². The molecule has 0 spiro atoms. The van der Waals surface area contributed by atoms with Crippen LogP contribution < -0.4 is 0 Å². The normalized spacial score (nSPS) is 26.2. The van der Waals surface area contributed by atoms with Crippen molar-refractivity contribution in [2.24, 2.45) is 0 Å². The smallest absolute Gasteiger partial charge is 0.410 e. The van der Waals surface area contributed by atoms with Crippen molar-refractivity contribution in [2.45, 2.75) is 64.5 Å². The zero-order valence-corrected chi connectivity index (χ0v) is 11.2. The average Bonchev–Trinajstić information content (AvgIpc) is 2.43. The maximum Gasteiger partial charge on any atom is 0.410 e. The van der Waals surface area contributed by atoms with Crippen molar-refractivity contribution in [2.75, 3.05) is 6.54 Å². The Morgan fingerprint density at radius 2 is 1.88 bits per heavy atom. The fourth-order valence-electron chi connectivity index (χ4n) is 1.98. The maximum atomic E-state index is 13.4. The van der Waals surface area contributed by atoms with Crippen molar-refractivity contribution in [1.29, 1.82) is 0 Å². The third kappa shape index (κ3) is 3.84. The van der Waals surface area contributed by atoms with Crippen LogP contribution in [0.25, 0.3) is 0 Å². The molecule has 0 aromatic heterocycles. The molecule has 0 bridgehead atoms. The van der Waals surface area contributed by atoms with Crippen molar-refractivity contribution in [1.82, 2.24) is 4.90 Å². The summed E-state index contributed by atoms with van der Waals surface area (Å²) in [5, 5.41) is 9.94. The van der Waals surface area contributed by atoms with E-state index in [9.17, 15) is 14.3 Å². The third-order valence-electron chi connectivity index (χ3n) is 2.69. The van der Waals surface area contributed by atoms with Gasteiger partial charge in [-0.05, 0) is 34.6 Å². The summed E-state index contributed by atoms with van der Waals surface area (Å²) in [6.07, 6.45) is -1.51. The van der Waals surface area contributed by atoms with E-state index in [-0.39, 0.29) is 13.0 Å². The highest BCUT2D eigenvalue weighted by Crippen LogP contribution is 2.29. The molecule has 0 aliphatic carbocycles.